The molecule has 0 N–H and O–H groups in total. The normalized spacial score (nSPS) is 12.9. The van der Waals surface area contributed by atoms with Gasteiger partial charge < -0.3 is 18.5 Å². The lowest BCUT2D eigenvalue weighted by Crippen LogP contribution is -2.24. The number of rotatable bonds is 10. The van der Waals surface area contributed by atoms with Gasteiger partial charge in [-0.15, -0.1) is 0 Å². The first-order valence-electron chi connectivity index (χ1n) is 8.78. The lowest BCUT2D eigenvalue weighted by molar-refractivity contribution is -0.140. The molecular formula is C18H25O9PS. The number of hydrogen-bond donors (Lipinski definition) is 0. The van der Waals surface area contributed by atoms with Gasteiger partial charge >= 0.3 is 19.5 Å². The number of aryl methyl sites for hydroxylation is 1. The SMILES string of the molecule is CCOC(=O)/C(=C(/C(=O)OCC)S(=O)(=O)c1ccccc1CC)P(=O)(OC)OC. The summed E-state index contributed by atoms with van der Waals surface area (Å²) in [5, 5.41) is -1.03. The molecule has 0 heterocycles. The molecule has 9 nitrogen and oxygen atoms in total. The first-order valence-corrected chi connectivity index (χ1v) is 11.8. The van der Waals surface area contributed by atoms with Crippen LogP contribution in [0.3, 0.4) is 0 Å². The van der Waals surface area contributed by atoms with Crippen LogP contribution in [0.5, 0.6) is 0 Å². The Morgan fingerprint density at radius 2 is 1.45 bits per heavy atom. The van der Waals surface area contributed by atoms with Crippen LogP contribution >= 0.6 is 7.60 Å². The molecule has 0 atom stereocenters. The van der Waals surface area contributed by atoms with E-state index in [1.807, 2.05) is 0 Å². The van der Waals surface area contributed by atoms with Gasteiger partial charge in [0.15, 0.2) is 10.2 Å². The van der Waals surface area contributed by atoms with Gasteiger partial charge in [0, 0.05) is 14.2 Å². The highest BCUT2D eigenvalue weighted by Crippen LogP contribution is 2.57. The van der Waals surface area contributed by atoms with Crippen molar-refractivity contribution in [2.75, 3.05) is 27.4 Å². The minimum absolute atomic E-state index is 0.169. The van der Waals surface area contributed by atoms with E-state index >= 15 is 0 Å². The number of benzene rings is 1. The Kier molecular flexibility index (Phi) is 9.22. The van der Waals surface area contributed by atoms with Crippen molar-refractivity contribution in [1.29, 1.82) is 0 Å². The van der Waals surface area contributed by atoms with Crippen molar-refractivity contribution in [3.8, 4) is 0 Å². The number of sulfone groups is 1. The topological polar surface area (TPSA) is 122 Å². The largest absolute Gasteiger partial charge is 0.462 e. The summed E-state index contributed by atoms with van der Waals surface area (Å²) in [4.78, 5) is 23.9. The van der Waals surface area contributed by atoms with Crippen LogP contribution in [0.1, 0.15) is 26.3 Å². The third kappa shape index (κ3) is 5.33. The van der Waals surface area contributed by atoms with Crippen LogP contribution < -0.4 is 0 Å². The summed E-state index contributed by atoms with van der Waals surface area (Å²) in [6.07, 6.45) is 0.326. The van der Waals surface area contributed by atoms with Crippen molar-refractivity contribution >= 4 is 29.4 Å². The van der Waals surface area contributed by atoms with Gasteiger partial charge in [0.2, 0.25) is 9.84 Å². The third-order valence-electron chi connectivity index (χ3n) is 3.81. The molecule has 0 spiro atoms. The summed E-state index contributed by atoms with van der Waals surface area (Å²) >= 11 is 0. The second-order valence-corrected chi connectivity index (χ2v) is 9.47. The van der Waals surface area contributed by atoms with Gasteiger partial charge in [-0.25, -0.2) is 18.0 Å². The van der Waals surface area contributed by atoms with Gasteiger partial charge in [-0.1, -0.05) is 25.1 Å². The highest BCUT2D eigenvalue weighted by atomic mass is 32.2. The van der Waals surface area contributed by atoms with E-state index in [-0.39, 0.29) is 18.1 Å². The fourth-order valence-electron chi connectivity index (χ4n) is 2.48. The molecule has 0 saturated heterocycles. The molecule has 0 bridgehead atoms. The van der Waals surface area contributed by atoms with E-state index < -0.39 is 39.6 Å². The Bertz CT molecular complexity index is 926. The fraction of sp³-hybridized carbons (Fsp3) is 0.444. The average molecular weight is 448 g/mol. The first kappa shape index (κ1) is 25.0. The van der Waals surface area contributed by atoms with Crippen LogP contribution in [0.25, 0.3) is 0 Å². The van der Waals surface area contributed by atoms with E-state index in [4.69, 9.17) is 18.5 Å². The van der Waals surface area contributed by atoms with Crippen LogP contribution in [0.2, 0.25) is 0 Å². The maximum Gasteiger partial charge on any atom is 0.369 e. The van der Waals surface area contributed by atoms with Gasteiger partial charge in [-0.3, -0.25) is 4.57 Å². The lowest BCUT2D eigenvalue weighted by atomic mass is 10.2. The van der Waals surface area contributed by atoms with E-state index in [9.17, 15) is 22.6 Å². The Hall–Kier alpha value is -2.00. The summed E-state index contributed by atoms with van der Waals surface area (Å²) in [5.41, 5.74) is 0.391. The molecule has 162 valence electrons. The summed E-state index contributed by atoms with van der Waals surface area (Å²) in [7, 11) is -7.27. The Labute approximate surface area is 170 Å². The molecule has 29 heavy (non-hydrogen) atoms. The third-order valence-corrected chi connectivity index (χ3v) is 7.76. The van der Waals surface area contributed by atoms with Crippen molar-refractivity contribution in [2.24, 2.45) is 0 Å². The molecule has 11 heteroatoms. The molecule has 0 fully saturated rings. The summed E-state index contributed by atoms with van der Waals surface area (Å²) in [6, 6.07) is 5.94. The molecule has 0 aromatic heterocycles. The van der Waals surface area contributed by atoms with E-state index in [2.05, 4.69) is 0 Å². The Balaban J connectivity index is 4.08. The molecule has 0 unspecified atom stereocenters. The smallest absolute Gasteiger partial charge is 0.369 e. The predicted octanol–water partition coefficient (Wildman–Crippen LogP) is 2.85. The Morgan fingerprint density at radius 1 is 0.931 bits per heavy atom. The number of esters is 2. The van der Waals surface area contributed by atoms with E-state index in [0.717, 1.165) is 14.2 Å². The molecule has 0 radical (unpaired) electrons. The molecule has 1 rings (SSSR count). The maximum absolute atomic E-state index is 13.5. The van der Waals surface area contributed by atoms with Crippen molar-refractivity contribution in [2.45, 2.75) is 32.1 Å². The zero-order valence-electron chi connectivity index (χ0n) is 17.0. The highest BCUT2D eigenvalue weighted by Gasteiger charge is 2.46. The van der Waals surface area contributed by atoms with Crippen LogP contribution in [0.15, 0.2) is 39.4 Å². The molecule has 1 aromatic rings. The summed E-state index contributed by atoms with van der Waals surface area (Å²) < 4.78 is 59.3. The van der Waals surface area contributed by atoms with E-state index in [0.29, 0.717) is 12.0 Å². The van der Waals surface area contributed by atoms with E-state index in [1.54, 1.807) is 19.1 Å². The monoisotopic (exact) mass is 448 g/mol. The minimum atomic E-state index is -4.66. The second-order valence-electron chi connectivity index (χ2n) is 5.45. The highest BCUT2D eigenvalue weighted by molar-refractivity contribution is 7.96. The quantitative estimate of drug-likeness (QED) is 0.302. The lowest BCUT2D eigenvalue weighted by Gasteiger charge is -2.20. The molecule has 0 saturated carbocycles. The zero-order valence-corrected chi connectivity index (χ0v) is 18.7. The second kappa shape index (κ2) is 10.7. The molecule has 1 aromatic carbocycles. The van der Waals surface area contributed by atoms with Crippen molar-refractivity contribution in [3.05, 3.63) is 40.0 Å². The van der Waals surface area contributed by atoms with Crippen molar-refractivity contribution < 1.29 is 41.1 Å². The summed E-state index contributed by atoms with van der Waals surface area (Å²) in [6.45, 7) is 4.29. The van der Waals surface area contributed by atoms with E-state index in [1.165, 1.54) is 26.0 Å². The molecular weight excluding hydrogens is 423 g/mol. The average Bonchev–Trinajstić information content (AvgIpc) is 2.71. The van der Waals surface area contributed by atoms with Gasteiger partial charge in [-0.05, 0) is 31.9 Å². The first-order chi connectivity index (χ1) is 13.6. The standard InChI is InChI=1S/C18H25O9PS/c1-6-13-11-9-10-12-14(13)29(22,23)16(18(20)27-8-3)15(17(19)26-7-2)28(21,24-4)25-5/h9-12H,6-8H2,1-5H3/b16-15+. The maximum atomic E-state index is 13.5. The van der Waals surface area contributed by atoms with Crippen molar-refractivity contribution in [3.63, 3.8) is 0 Å². The fourth-order valence-corrected chi connectivity index (χ4v) is 5.97. The molecule has 0 amide bonds. The zero-order chi connectivity index (χ0) is 22.2. The van der Waals surface area contributed by atoms with Gasteiger partial charge in [-0.2, -0.15) is 0 Å². The van der Waals surface area contributed by atoms with Gasteiger partial charge in [0.1, 0.15) is 0 Å². The number of carbonyl (C=O) groups excluding carboxylic acids is 2. The van der Waals surface area contributed by atoms with Crippen LogP contribution in [0.4, 0.5) is 0 Å². The number of ether oxygens (including phenoxy) is 2. The predicted molar refractivity (Wildman–Crippen MR) is 105 cm³/mol. The number of carbonyl (C=O) groups is 2. The van der Waals surface area contributed by atoms with Gasteiger partial charge in [0.25, 0.3) is 0 Å². The molecule has 0 aliphatic rings. The number of hydrogen-bond acceptors (Lipinski definition) is 9. The molecule has 0 aliphatic heterocycles. The van der Waals surface area contributed by atoms with Crippen LogP contribution in [-0.2, 0) is 48.9 Å². The molecule has 0 aliphatic carbocycles. The Morgan fingerprint density at radius 3 is 1.93 bits per heavy atom. The minimum Gasteiger partial charge on any atom is -0.462 e. The summed E-state index contributed by atoms with van der Waals surface area (Å²) in [5.74, 6) is -2.68. The van der Waals surface area contributed by atoms with Crippen LogP contribution in [0, 0.1) is 0 Å². The van der Waals surface area contributed by atoms with Crippen molar-refractivity contribution in [1.82, 2.24) is 0 Å². The van der Waals surface area contributed by atoms with Crippen LogP contribution in [-0.4, -0.2) is 47.8 Å². The van der Waals surface area contributed by atoms with Gasteiger partial charge in [0.05, 0.1) is 18.1 Å².